The van der Waals surface area contributed by atoms with E-state index in [1.807, 2.05) is 18.2 Å². The molecule has 2 aromatic rings. The molecule has 0 saturated heterocycles. The third kappa shape index (κ3) is 3.10. The second-order valence-electron chi connectivity index (χ2n) is 4.85. The average Bonchev–Trinajstić information content (AvgIpc) is 2.78. The summed E-state index contributed by atoms with van der Waals surface area (Å²) in [5.41, 5.74) is 8.18. The van der Waals surface area contributed by atoms with Crippen molar-refractivity contribution in [1.82, 2.24) is 9.55 Å². The first kappa shape index (κ1) is 14.8. The molecule has 1 aromatic carbocycles. The van der Waals surface area contributed by atoms with E-state index in [9.17, 15) is 0 Å². The molecule has 0 unspecified atom stereocenters. The van der Waals surface area contributed by atoms with E-state index in [1.54, 1.807) is 11.8 Å². The molecule has 1 N–H and O–H groups in total. The van der Waals surface area contributed by atoms with E-state index in [-0.39, 0.29) is 0 Å². The predicted octanol–water partition coefficient (Wildman–Crippen LogP) is 4.71. The van der Waals surface area contributed by atoms with Gasteiger partial charge in [0.1, 0.15) is 17.4 Å². The molecule has 0 aliphatic carbocycles. The average molecular weight is 288 g/mol. The van der Waals surface area contributed by atoms with Crippen LogP contribution in [0, 0.1) is 5.53 Å². The van der Waals surface area contributed by atoms with Crippen molar-refractivity contribution in [3.8, 4) is 0 Å². The summed E-state index contributed by atoms with van der Waals surface area (Å²) in [6.07, 6.45) is 0. The standard InChI is InChI=1S/C15H20N4S/c1-4-19-13(10-17-16)18-14(11(2)3)15(19)20-12-8-6-5-7-9-12/h5-9,11,16H,4,10H2,1-3H3. The molecule has 0 radical (unpaired) electrons. The van der Waals surface area contributed by atoms with Crippen molar-refractivity contribution < 1.29 is 0 Å². The van der Waals surface area contributed by atoms with E-state index in [0.717, 1.165) is 18.1 Å². The lowest BCUT2D eigenvalue weighted by atomic mass is 10.1. The molecular formula is C15H20N4S. The van der Waals surface area contributed by atoms with Gasteiger partial charge in [-0.25, -0.2) is 10.5 Å². The number of nitrogens with zero attached hydrogens (tertiary/aromatic N) is 3. The summed E-state index contributed by atoms with van der Waals surface area (Å²) >= 11 is 1.74. The molecule has 5 heteroatoms. The normalized spacial score (nSPS) is 11.0. The van der Waals surface area contributed by atoms with Crippen LogP contribution in [0.1, 0.15) is 38.2 Å². The number of rotatable bonds is 6. The zero-order valence-electron chi connectivity index (χ0n) is 12.1. The zero-order chi connectivity index (χ0) is 14.5. The molecule has 2 rings (SSSR count). The number of aromatic nitrogens is 2. The van der Waals surface area contributed by atoms with Crippen LogP contribution in [0.15, 0.2) is 45.4 Å². The van der Waals surface area contributed by atoms with E-state index in [0.29, 0.717) is 12.5 Å². The minimum absolute atomic E-state index is 0.350. The van der Waals surface area contributed by atoms with Gasteiger partial charge in [0.15, 0.2) is 0 Å². The van der Waals surface area contributed by atoms with E-state index < -0.39 is 0 Å². The van der Waals surface area contributed by atoms with Crippen LogP contribution in [-0.2, 0) is 13.1 Å². The van der Waals surface area contributed by atoms with E-state index in [2.05, 4.69) is 42.6 Å². The van der Waals surface area contributed by atoms with Gasteiger partial charge in [-0.15, -0.1) is 0 Å². The lowest BCUT2D eigenvalue weighted by molar-refractivity contribution is 0.637. The highest BCUT2D eigenvalue weighted by Crippen LogP contribution is 2.34. The summed E-state index contributed by atoms with van der Waals surface area (Å²) in [5.74, 6) is 1.24. The Labute approximate surface area is 124 Å². The number of nitrogens with one attached hydrogen (secondary N) is 1. The number of hydrogen-bond donors (Lipinski definition) is 1. The Morgan fingerprint density at radius 2 is 2.00 bits per heavy atom. The molecule has 0 spiro atoms. The summed E-state index contributed by atoms with van der Waals surface area (Å²) < 4.78 is 2.17. The Hall–Kier alpha value is -1.62. The monoisotopic (exact) mass is 288 g/mol. The third-order valence-electron chi connectivity index (χ3n) is 3.07. The first-order valence-corrected chi connectivity index (χ1v) is 7.64. The van der Waals surface area contributed by atoms with Gasteiger partial charge < -0.3 is 4.57 Å². The van der Waals surface area contributed by atoms with Gasteiger partial charge in [0, 0.05) is 11.4 Å². The molecule has 1 heterocycles. The van der Waals surface area contributed by atoms with Gasteiger partial charge in [0.2, 0.25) is 0 Å². The summed E-state index contributed by atoms with van der Waals surface area (Å²) in [7, 11) is 0. The fourth-order valence-electron chi connectivity index (χ4n) is 2.10. The third-order valence-corrected chi connectivity index (χ3v) is 4.20. The quantitative estimate of drug-likeness (QED) is 0.783. The van der Waals surface area contributed by atoms with Gasteiger partial charge in [0.05, 0.1) is 5.69 Å². The van der Waals surface area contributed by atoms with Gasteiger partial charge in [-0.05, 0) is 25.0 Å². The Bertz CT molecular complexity index is 575. The molecule has 0 aliphatic rings. The highest BCUT2D eigenvalue weighted by atomic mass is 32.2. The second-order valence-corrected chi connectivity index (χ2v) is 5.91. The van der Waals surface area contributed by atoms with Gasteiger partial charge >= 0.3 is 0 Å². The molecule has 20 heavy (non-hydrogen) atoms. The summed E-state index contributed by atoms with van der Waals surface area (Å²) in [4.78, 5) is 5.90. The maximum absolute atomic E-state index is 7.09. The molecule has 0 aliphatic heterocycles. The summed E-state index contributed by atoms with van der Waals surface area (Å²) in [6.45, 7) is 7.61. The number of hydrogen-bond acceptors (Lipinski definition) is 4. The van der Waals surface area contributed by atoms with Crippen LogP contribution >= 0.6 is 11.8 Å². The van der Waals surface area contributed by atoms with Crippen LogP contribution in [0.5, 0.6) is 0 Å². The molecule has 1 aromatic heterocycles. The zero-order valence-corrected chi connectivity index (χ0v) is 12.9. The predicted molar refractivity (Wildman–Crippen MR) is 81.4 cm³/mol. The van der Waals surface area contributed by atoms with Crippen LogP contribution in [0.2, 0.25) is 0 Å². The van der Waals surface area contributed by atoms with Gasteiger partial charge in [-0.2, -0.15) is 5.11 Å². The molecule has 0 fully saturated rings. The molecule has 0 bridgehead atoms. The highest BCUT2D eigenvalue weighted by Gasteiger charge is 2.19. The fraction of sp³-hybridized carbons (Fsp3) is 0.400. The van der Waals surface area contributed by atoms with Crippen LogP contribution in [-0.4, -0.2) is 9.55 Å². The topological polar surface area (TPSA) is 54.0 Å². The van der Waals surface area contributed by atoms with Crippen molar-refractivity contribution in [3.63, 3.8) is 0 Å². The lowest BCUT2D eigenvalue weighted by Crippen LogP contribution is -2.02. The van der Waals surface area contributed by atoms with Gasteiger partial charge in [-0.3, -0.25) is 0 Å². The Kier molecular flexibility index (Phi) is 4.95. The molecule has 0 amide bonds. The van der Waals surface area contributed by atoms with E-state index >= 15 is 0 Å². The first-order chi connectivity index (χ1) is 9.67. The maximum Gasteiger partial charge on any atom is 0.133 e. The molecule has 0 saturated carbocycles. The molecule has 106 valence electrons. The first-order valence-electron chi connectivity index (χ1n) is 6.82. The second kappa shape index (κ2) is 6.70. The van der Waals surface area contributed by atoms with Crippen molar-refractivity contribution in [2.24, 2.45) is 5.11 Å². The lowest BCUT2D eigenvalue weighted by Gasteiger charge is -2.10. The van der Waals surface area contributed by atoms with Crippen LogP contribution < -0.4 is 0 Å². The molecule has 4 nitrogen and oxygen atoms in total. The SMILES string of the molecule is CCn1c(CN=N)nc(C(C)C)c1Sc1ccccc1. The van der Waals surface area contributed by atoms with Crippen molar-refractivity contribution in [2.75, 3.05) is 0 Å². The minimum atomic E-state index is 0.350. The van der Waals surface area contributed by atoms with Crippen molar-refractivity contribution in [2.45, 2.75) is 49.7 Å². The Morgan fingerprint density at radius 1 is 1.30 bits per heavy atom. The molecule has 0 atom stereocenters. The number of benzene rings is 1. The van der Waals surface area contributed by atoms with Crippen molar-refractivity contribution in [1.29, 1.82) is 5.53 Å². The smallest absolute Gasteiger partial charge is 0.133 e. The van der Waals surface area contributed by atoms with Gasteiger partial charge in [-0.1, -0.05) is 43.8 Å². The Morgan fingerprint density at radius 3 is 2.55 bits per heavy atom. The maximum atomic E-state index is 7.09. The van der Waals surface area contributed by atoms with Gasteiger partial charge in [0.25, 0.3) is 0 Å². The molecular weight excluding hydrogens is 268 g/mol. The van der Waals surface area contributed by atoms with Crippen LogP contribution in [0.3, 0.4) is 0 Å². The van der Waals surface area contributed by atoms with Crippen LogP contribution in [0.4, 0.5) is 0 Å². The Balaban J connectivity index is 2.45. The largest absolute Gasteiger partial charge is 0.321 e. The highest BCUT2D eigenvalue weighted by molar-refractivity contribution is 7.99. The van der Waals surface area contributed by atoms with E-state index in [1.165, 1.54) is 9.92 Å². The van der Waals surface area contributed by atoms with Crippen molar-refractivity contribution >= 4 is 11.8 Å². The van der Waals surface area contributed by atoms with E-state index in [4.69, 9.17) is 10.5 Å². The number of imidazole rings is 1. The van der Waals surface area contributed by atoms with Crippen molar-refractivity contribution in [3.05, 3.63) is 41.9 Å². The summed E-state index contributed by atoms with van der Waals surface area (Å²) in [5, 5.41) is 4.67. The minimum Gasteiger partial charge on any atom is -0.321 e. The van der Waals surface area contributed by atoms with Crippen LogP contribution in [0.25, 0.3) is 0 Å². The summed E-state index contributed by atoms with van der Waals surface area (Å²) in [6, 6.07) is 10.3. The fourth-order valence-corrected chi connectivity index (χ4v) is 3.35.